The van der Waals surface area contributed by atoms with E-state index in [1.807, 2.05) is 38.1 Å². The molecular weight excluding hydrogens is 435 g/mol. The van der Waals surface area contributed by atoms with E-state index < -0.39 is 18.2 Å². The molecule has 1 heterocycles. The molecule has 0 aromatic heterocycles. The minimum Gasteiger partial charge on any atom is -0.361 e. The van der Waals surface area contributed by atoms with Crippen molar-refractivity contribution < 1.29 is 14.3 Å². The summed E-state index contributed by atoms with van der Waals surface area (Å²) in [6.07, 6.45) is 1.73. The molecular formula is C24H28Cl2N2O3. The number of benzene rings is 2. The molecule has 3 atom stereocenters. The summed E-state index contributed by atoms with van der Waals surface area (Å²) in [5, 5.41) is 4.19. The van der Waals surface area contributed by atoms with Gasteiger partial charge < -0.3 is 15.0 Å². The van der Waals surface area contributed by atoms with E-state index in [-0.39, 0.29) is 18.4 Å². The first kappa shape index (κ1) is 23.6. The van der Waals surface area contributed by atoms with Crippen LogP contribution in [0.5, 0.6) is 0 Å². The molecule has 1 fully saturated rings. The molecule has 2 aromatic rings. The van der Waals surface area contributed by atoms with Gasteiger partial charge in [-0.05, 0) is 48.2 Å². The number of hydrogen-bond donors (Lipinski definition) is 1. The minimum atomic E-state index is -0.580. The van der Waals surface area contributed by atoms with Crippen LogP contribution in [0.4, 0.5) is 0 Å². The highest BCUT2D eigenvalue weighted by Crippen LogP contribution is 2.42. The summed E-state index contributed by atoms with van der Waals surface area (Å²) in [6, 6.07) is 13.7. The Morgan fingerprint density at radius 2 is 1.61 bits per heavy atom. The predicted molar refractivity (Wildman–Crippen MR) is 123 cm³/mol. The van der Waals surface area contributed by atoms with Crippen LogP contribution in [0.15, 0.2) is 48.5 Å². The van der Waals surface area contributed by atoms with Gasteiger partial charge >= 0.3 is 0 Å². The Hall–Kier alpha value is -2.08. The Morgan fingerprint density at radius 1 is 1.03 bits per heavy atom. The fourth-order valence-electron chi connectivity index (χ4n) is 3.96. The molecule has 0 radical (unpaired) electrons. The van der Waals surface area contributed by atoms with Gasteiger partial charge in [-0.15, -0.1) is 0 Å². The monoisotopic (exact) mass is 462 g/mol. The molecule has 5 nitrogen and oxygen atoms in total. The lowest BCUT2D eigenvalue weighted by Gasteiger charge is -2.45. The number of amides is 2. The van der Waals surface area contributed by atoms with Crippen molar-refractivity contribution >= 4 is 35.0 Å². The maximum atomic E-state index is 13.1. The summed E-state index contributed by atoms with van der Waals surface area (Å²) in [5.41, 5.74) is 1.76. The standard InChI is InChI=1S/C24H28Cl2N2O3/c1-3-5-20(24(30)27-14-4-2)28-21(29)15-31-23(17-8-12-19(26)13-9-17)22(28)16-6-10-18(25)11-7-16/h6-13,20,22-23H,3-5,14-15H2,1-2H3,(H,27,30)/t20-,22-,23+/m1/s1. The molecule has 2 aromatic carbocycles. The van der Waals surface area contributed by atoms with Crippen LogP contribution in [0.25, 0.3) is 0 Å². The summed E-state index contributed by atoms with van der Waals surface area (Å²) in [4.78, 5) is 27.9. The van der Waals surface area contributed by atoms with Gasteiger partial charge in [0.05, 0.1) is 6.04 Å². The zero-order valence-corrected chi connectivity index (χ0v) is 19.3. The zero-order valence-electron chi connectivity index (χ0n) is 17.8. The van der Waals surface area contributed by atoms with E-state index in [1.54, 1.807) is 29.2 Å². The molecule has 166 valence electrons. The van der Waals surface area contributed by atoms with Crippen molar-refractivity contribution in [3.05, 3.63) is 69.7 Å². The van der Waals surface area contributed by atoms with E-state index in [0.29, 0.717) is 23.0 Å². The molecule has 0 unspecified atom stereocenters. The summed E-state index contributed by atoms with van der Waals surface area (Å²) >= 11 is 12.2. The highest BCUT2D eigenvalue weighted by molar-refractivity contribution is 6.30. The molecule has 31 heavy (non-hydrogen) atoms. The first-order valence-electron chi connectivity index (χ1n) is 10.7. The molecule has 0 saturated carbocycles. The fourth-order valence-corrected chi connectivity index (χ4v) is 4.21. The van der Waals surface area contributed by atoms with Crippen molar-refractivity contribution in [3.8, 4) is 0 Å². The second-order valence-corrected chi connectivity index (χ2v) is 8.55. The molecule has 2 amide bonds. The van der Waals surface area contributed by atoms with E-state index in [2.05, 4.69) is 5.32 Å². The van der Waals surface area contributed by atoms with Crippen LogP contribution in [-0.2, 0) is 14.3 Å². The SMILES string of the molecule is CCCNC(=O)[C@@H](CCC)N1C(=O)CO[C@@H](c2ccc(Cl)cc2)[C@H]1c1ccc(Cl)cc1. The zero-order chi connectivity index (χ0) is 22.4. The second kappa shape index (κ2) is 11.0. The summed E-state index contributed by atoms with van der Waals surface area (Å²) in [7, 11) is 0. The van der Waals surface area contributed by atoms with Gasteiger partial charge in [0.1, 0.15) is 18.8 Å². The van der Waals surface area contributed by atoms with Crippen molar-refractivity contribution in [2.45, 2.75) is 51.3 Å². The summed E-state index contributed by atoms with van der Waals surface area (Å²) in [5.74, 6) is -0.331. The number of hydrogen-bond acceptors (Lipinski definition) is 3. The summed E-state index contributed by atoms with van der Waals surface area (Å²) in [6.45, 7) is 4.50. The van der Waals surface area contributed by atoms with Crippen LogP contribution < -0.4 is 5.32 Å². The Balaban J connectivity index is 2.07. The Morgan fingerprint density at radius 3 is 2.16 bits per heavy atom. The minimum absolute atomic E-state index is 0.0847. The number of nitrogens with zero attached hydrogens (tertiary/aromatic N) is 1. The Kier molecular flexibility index (Phi) is 8.35. The number of nitrogens with one attached hydrogen (secondary N) is 1. The van der Waals surface area contributed by atoms with Crippen LogP contribution in [0, 0.1) is 0 Å². The molecule has 1 aliphatic heterocycles. The molecule has 0 spiro atoms. The van der Waals surface area contributed by atoms with Gasteiger partial charge in [-0.25, -0.2) is 0 Å². The average molecular weight is 463 g/mol. The normalized spacial score (nSPS) is 19.9. The maximum Gasteiger partial charge on any atom is 0.249 e. The largest absolute Gasteiger partial charge is 0.361 e. The molecule has 1 saturated heterocycles. The molecule has 0 aliphatic carbocycles. The highest BCUT2D eigenvalue weighted by Gasteiger charge is 2.43. The van der Waals surface area contributed by atoms with Gasteiger partial charge in [-0.1, -0.05) is 67.7 Å². The van der Waals surface area contributed by atoms with E-state index in [9.17, 15) is 9.59 Å². The first-order valence-corrected chi connectivity index (χ1v) is 11.4. The van der Waals surface area contributed by atoms with Gasteiger partial charge in [0.2, 0.25) is 11.8 Å². The molecule has 7 heteroatoms. The third-order valence-corrected chi connectivity index (χ3v) is 5.92. The first-order chi connectivity index (χ1) is 15.0. The van der Waals surface area contributed by atoms with E-state index >= 15 is 0 Å². The van der Waals surface area contributed by atoms with Crippen LogP contribution in [-0.4, -0.2) is 35.9 Å². The topological polar surface area (TPSA) is 58.6 Å². The van der Waals surface area contributed by atoms with E-state index in [4.69, 9.17) is 27.9 Å². The van der Waals surface area contributed by atoms with Crippen LogP contribution in [0.2, 0.25) is 10.0 Å². The average Bonchev–Trinajstić information content (AvgIpc) is 2.77. The third kappa shape index (κ3) is 5.59. The molecule has 3 rings (SSSR count). The fraction of sp³-hybridized carbons (Fsp3) is 0.417. The lowest BCUT2D eigenvalue weighted by atomic mass is 9.90. The smallest absolute Gasteiger partial charge is 0.249 e. The number of ether oxygens (including phenoxy) is 1. The summed E-state index contributed by atoms with van der Waals surface area (Å²) < 4.78 is 6.03. The van der Waals surface area contributed by atoms with Gasteiger partial charge in [-0.2, -0.15) is 0 Å². The second-order valence-electron chi connectivity index (χ2n) is 7.68. The van der Waals surface area contributed by atoms with Crippen LogP contribution >= 0.6 is 23.2 Å². The van der Waals surface area contributed by atoms with Gasteiger partial charge in [-0.3, -0.25) is 9.59 Å². The molecule has 1 aliphatic rings. The van der Waals surface area contributed by atoms with Gasteiger partial charge in [0, 0.05) is 16.6 Å². The molecule has 1 N–H and O–H groups in total. The Labute approximate surface area is 193 Å². The number of carbonyl (C=O) groups excluding carboxylic acids is 2. The maximum absolute atomic E-state index is 13.1. The number of carbonyl (C=O) groups is 2. The van der Waals surface area contributed by atoms with Gasteiger partial charge in [0.25, 0.3) is 0 Å². The predicted octanol–water partition coefficient (Wildman–Crippen LogP) is 5.33. The van der Waals surface area contributed by atoms with Crippen molar-refractivity contribution in [2.24, 2.45) is 0 Å². The van der Waals surface area contributed by atoms with Crippen molar-refractivity contribution in [3.63, 3.8) is 0 Å². The van der Waals surface area contributed by atoms with Gasteiger partial charge in [0.15, 0.2) is 0 Å². The highest BCUT2D eigenvalue weighted by atomic mass is 35.5. The Bertz CT molecular complexity index is 887. The lowest BCUT2D eigenvalue weighted by molar-refractivity contribution is -0.167. The lowest BCUT2D eigenvalue weighted by Crippen LogP contribution is -2.56. The van der Waals surface area contributed by atoms with Crippen molar-refractivity contribution in [1.82, 2.24) is 10.2 Å². The van der Waals surface area contributed by atoms with Crippen molar-refractivity contribution in [1.29, 1.82) is 0 Å². The quantitative estimate of drug-likeness (QED) is 0.576. The van der Waals surface area contributed by atoms with Crippen LogP contribution in [0.3, 0.4) is 0 Å². The molecule has 0 bridgehead atoms. The van der Waals surface area contributed by atoms with E-state index in [1.165, 1.54) is 0 Å². The van der Waals surface area contributed by atoms with E-state index in [0.717, 1.165) is 24.0 Å². The van der Waals surface area contributed by atoms with Crippen LogP contribution in [0.1, 0.15) is 56.4 Å². The third-order valence-electron chi connectivity index (χ3n) is 5.42. The number of halogens is 2. The number of morpholine rings is 1. The van der Waals surface area contributed by atoms with Crippen molar-refractivity contribution in [2.75, 3.05) is 13.2 Å². The number of rotatable bonds is 8.